The van der Waals surface area contributed by atoms with Crippen molar-refractivity contribution in [3.63, 3.8) is 0 Å². The van der Waals surface area contributed by atoms with Crippen molar-refractivity contribution in [2.45, 2.75) is 36.9 Å². The van der Waals surface area contributed by atoms with Crippen LogP contribution in [0.25, 0.3) is 0 Å². The highest BCUT2D eigenvalue weighted by Gasteiger charge is 2.55. The standard InChI is InChI=1S/2C10H9NO5/c2*12-9(13)10(5-6-10)16-8-4-2-1-3-7(8)11(14)15/h2*1-4H,5-6H2,(H,12,13). The smallest absolute Gasteiger partial charge is 0.348 e. The van der Waals surface area contributed by atoms with E-state index >= 15 is 0 Å². The Morgan fingerprint density at radius 1 is 0.719 bits per heavy atom. The minimum atomic E-state index is -1.26. The van der Waals surface area contributed by atoms with Gasteiger partial charge in [0.2, 0.25) is 11.2 Å². The summed E-state index contributed by atoms with van der Waals surface area (Å²) in [4.78, 5) is 41.9. The summed E-state index contributed by atoms with van der Waals surface area (Å²) >= 11 is 0. The fourth-order valence-corrected chi connectivity index (χ4v) is 2.76. The maximum atomic E-state index is 10.9. The van der Waals surface area contributed by atoms with Crippen molar-refractivity contribution in [1.82, 2.24) is 0 Å². The van der Waals surface area contributed by atoms with Gasteiger partial charge < -0.3 is 19.7 Å². The van der Waals surface area contributed by atoms with Gasteiger partial charge in [0.15, 0.2) is 11.5 Å². The lowest BCUT2D eigenvalue weighted by Crippen LogP contribution is -2.29. The van der Waals surface area contributed by atoms with Crippen LogP contribution in [0.5, 0.6) is 11.5 Å². The van der Waals surface area contributed by atoms with Crippen molar-refractivity contribution >= 4 is 23.3 Å². The van der Waals surface area contributed by atoms with Crippen molar-refractivity contribution in [1.29, 1.82) is 0 Å². The molecule has 32 heavy (non-hydrogen) atoms. The van der Waals surface area contributed by atoms with Crippen LogP contribution in [0.1, 0.15) is 25.7 Å². The zero-order valence-corrected chi connectivity index (χ0v) is 16.5. The largest absolute Gasteiger partial charge is 0.478 e. The predicted molar refractivity (Wildman–Crippen MR) is 107 cm³/mol. The van der Waals surface area contributed by atoms with E-state index in [9.17, 15) is 29.8 Å². The van der Waals surface area contributed by atoms with E-state index in [1.165, 1.54) is 36.4 Å². The molecule has 2 fully saturated rings. The van der Waals surface area contributed by atoms with E-state index in [1.54, 1.807) is 12.1 Å². The number of nitro groups is 2. The van der Waals surface area contributed by atoms with E-state index in [-0.39, 0.29) is 22.9 Å². The fraction of sp³-hybridized carbons (Fsp3) is 0.300. The van der Waals surface area contributed by atoms with Gasteiger partial charge in [0.1, 0.15) is 0 Å². The van der Waals surface area contributed by atoms with E-state index in [4.69, 9.17) is 19.7 Å². The Balaban J connectivity index is 0.000000181. The summed E-state index contributed by atoms with van der Waals surface area (Å²) < 4.78 is 10.5. The van der Waals surface area contributed by atoms with Gasteiger partial charge >= 0.3 is 23.3 Å². The van der Waals surface area contributed by atoms with E-state index in [0.717, 1.165) is 0 Å². The second-order valence-corrected chi connectivity index (χ2v) is 7.25. The Morgan fingerprint density at radius 2 is 1.03 bits per heavy atom. The molecule has 2 aliphatic carbocycles. The van der Waals surface area contributed by atoms with Crippen molar-refractivity contribution in [2.75, 3.05) is 0 Å². The fourth-order valence-electron chi connectivity index (χ4n) is 2.76. The number of nitrogens with zero attached hydrogens (tertiary/aromatic N) is 2. The maximum Gasteiger partial charge on any atom is 0.348 e. The quantitative estimate of drug-likeness (QED) is 0.451. The highest BCUT2D eigenvalue weighted by Crippen LogP contribution is 2.43. The molecule has 0 aliphatic heterocycles. The highest BCUT2D eigenvalue weighted by molar-refractivity contribution is 5.82. The first kappa shape index (κ1) is 22.5. The molecular formula is C20H18N2O10. The van der Waals surface area contributed by atoms with Crippen LogP contribution in [0.4, 0.5) is 11.4 Å². The number of carboxylic acid groups (broad SMARTS) is 2. The summed E-state index contributed by atoms with van der Waals surface area (Å²) in [5.74, 6) is -2.14. The number of aliphatic carboxylic acids is 2. The molecule has 2 saturated carbocycles. The summed E-state index contributed by atoms with van der Waals surface area (Å²) in [5.41, 5.74) is -2.94. The van der Waals surface area contributed by atoms with E-state index in [1.807, 2.05) is 0 Å². The van der Waals surface area contributed by atoms with Crippen molar-refractivity contribution < 1.29 is 39.1 Å². The molecule has 2 N–H and O–H groups in total. The molecule has 168 valence electrons. The Morgan fingerprint density at radius 3 is 1.28 bits per heavy atom. The molecule has 0 unspecified atom stereocenters. The summed E-state index contributed by atoms with van der Waals surface area (Å²) in [6.45, 7) is 0. The number of benzene rings is 2. The van der Waals surface area contributed by atoms with Crippen LogP contribution in [-0.2, 0) is 9.59 Å². The van der Waals surface area contributed by atoms with Gasteiger partial charge in [-0.15, -0.1) is 0 Å². The molecule has 0 bridgehead atoms. The molecule has 2 aromatic carbocycles. The Labute approximate surface area is 180 Å². The lowest BCUT2D eigenvalue weighted by Gasteiger charge is -2.12. The van der Waals surface area contributed by atoms with Crippen molar-refractivity contribution in [2.24, 2.45) is 0 Å². The first-order valence-corrected chi connectivity index (χ1v) is 9.42. The average Bonchev–Trinajstić information content (AvgIpc) is 3.66. The molecule has 4 rings (SSSR count). The van der Waals surface area contributed by atoms with E-state index in [0.29, 0.717) is 25.7 Å². The lowest BCUT2D eigenvalue weighted by molar-refractivity contribution is -0.386. The predicted octanol–water partition coefficient (Wildman–Crippen LogP) is 3.18. The van der Waals surface area contributed by atoms with Crippen LogP contribution in [-0.4, -0.2) is 43.2 Å². The zero-order valence-electron chi connectivity index (χ0n) is 16.5. The number of hydrogen-bond acceptors (Lipinski definition) is 8. The van der Waals surface area contributed by atoms with E-state index in [2.05, 4.69) is 0 Å². The molecule has 0 atom stereocenters. The SMILES string of the molecule is O=C(O)C1(Oc2ccccc2[N+](=O)[O-])CC1.O=C(O)C1(Oc2ccccc2[N+](=O)[O-])CC1. The topological polar surface area (TPSA) is 179 Å². The first-order chi connectivity index (χ1) is 15.1. The molecule has 0 aromatic heterocycles. The Bertz CT molecular complexity index is 990. The van der Waals surface area contributed by atoms with Crippen LogP contribution >= 0.6 is 0 Å². The van der Waals surface area contributed by atoms with Gasteiger partial charge in [0.05, 0.1) is 9.85 Å². The number of carboxylic acids is 2. The number of carbonyl (C=O) groups is 2. The number of nitro benzene ring substituents is 2. The maximum absolute atomic E-state index is 10.9. The van der Waals surface area contributed by atoms with Crippen molar-refractivity contribution in [3.8, 4) is 11.5 Å². The summed E-state index contributed by atoms with van der Waals surface area (Å²) in [5, 5.41) is 39.2. The zero-order chi connectivity index (χ0) is 23.5. The molecule has 12 nitrogen and oxygen atoms in total. The molecule has 12 heteroatoms. The molecule has 0 amide bonds. The molecule has 0 radical (unpaired) electrons. The minimum Gasteiger partial charge on any atom is -0.478 e. The molecule has 0 spiro atoms. The van der Waals surface area contributed by atoms with Gasteiger partial charge in [-0.2, -0.15) is 0 Å². The van der Waals surface area contributed by atoms with Crippen LogP contribution < -0.4 is 9.47 Å². The first-order valence-electron chi connectivity index (χ1n) is 9.42. The summed E-state index contributed by atoms with van der Waals surface area (Å²) in [6.07, 6.45) is 1.53. The average molecular weight is 446 g/mol. The number of rotatable bonds is 8. The monoisotopic (exact) mass is 446 g/mol. The third kappa shape index (κ3) is 4.74. The summed E-state index contributed by atoms with van der Waals surface area (Å²) in [7, 11) is 0. The van der Waals surface area contributed by atoms with Gasteiger partial charge in [-0.1, -0.05) is 24.3 Å². The second kappa shape index (κ2) is 8.49. The van der Waals surface area contributed by atoms with Crippen LogP contribution in [0.3, 0.4) is 0 Å². The van der Waals surface area contributed by atoms with Crippen molar-refractivity contribution in [3.05, 3.63) is 68.8 Å². The van der Waals surface area contributed by atoms with Gasteiger partial charge in [-0.05, 0) is 12.1 Å². The normalized spacial score (nSPS) is 16.5. The minimum absolute atomic E-state index is 0.00685. The molecular weight excluding hydrogens is 428 g/mol. The number of ether oxygens (including phenoxy) is 2. The van der Waals surface area contributed by atoms with Gasteiger partial charge in [0, 0.05) is 37.8 Å². The van der Waals surface area contributed by atoms with Crippen LogP contribution in [0, 0.1) is 20.2 Å². The van der Waals surface area contributed by atoms with Crippen LogP contribution in [0.2, 0.25) is 0 Å². The molecule has 0 heterocycles. The van der Waals surface area contributed by atoms with Gasteiger partial charge in [0.25, 0.3) is 0 Å². The van der Waals surface area contributed by atoms with Gasteiger partial charge in [-0.25, -0.2) is 9.59 Å². The number of hydrogen-bond donors (Lipinski definition) is 2. The highest BCUT2D eigenvalue weighted by atomic mass is 16.6. The molecule has 2 aromatic rings. The van der Waals surface area contributed by atoms with Gasteiger partial charge in [-0.3, -0.25) is 20.2 Å². The third-order valence-corrected chi connectivity index (χ3v) is 4.92. The Hall–Kier alpha value is -4.22. The number of para-hydroxylation sites is 4. The lowest BCUT2D eigenvalue weighted by atomic mass is 10.3. The molecule has 0 saturated heterocycles. The Kier molecular flexibility index (Phi) is 5.96. The van der Waals surface area contributed by atoms with E-state index < -0.39 is 33.0 Å². The second-order valence-electron chi connectivity index (χ2n) is 7.25. The summed E-state index contributed by atoms with van der Waals surface area (Å²) in [6, 6.07) is 11.5. The van der Waals surface area contributed by atoms with Crippen LogP contribution in [0.15, 0.2) is 48.5 Å². The third-order valence-electron chi connectivity index (χ3n) is 4.92. The molecule has 2 aliphatic rings.